The number of nitrogens with zero attached hydrogens (tertiary/aromatic N) is 1. The van der Waals surface area contributed by atoms with Gasteiger partial charge in [0, 0.05) is 29.4 Å². The summed E-state index contributed by atoms with van der Waals surface area (Å²) in [6.07, 6.45) is 3.25. The summed E-state index contributed by atoms with van der Waals surface area (Å²) in [6.45, 7) is 7.50. The zero-order valence-electron chi connectivity index (χ0n) is 9.75. The molecule has 1 heterocycles. The van der Waals surface area contributed by atoms with Crippen LogP contribution in [-0.2, 0) is 12.3 Å². The fraction of sp³-hybridized carbons (Fsp3) is 0.727. The summed E-state index contributed by atoms with van der Waals surface area (Å²) in [7, 11) is 0. The molecule has 0 bridgehead atoms. The molecule has 0 aromatic carbocycles. The molecular formula is C11H20N2S2. The first-order valence-electron chi connectivity index (χ1n) is 5.47. The van der Waals surface area contributed by atoms with Gasteiger partial charge in [-0.05, 0) is 12.2 Å². The van der Waals surface area contributed by atoms with Crippen LogP contribution < -0.4 is 5.32 Å². The average Bonchev–Trinajstić information content (AvgIpc) is 2.63. The number of nitrogens with one attached hydrogen (secondary N) is 1. The number of aromatic nitrogens is 1. The Morgan fingerprint density at radius 2 is 2.33 bits per heavy atom. The number of hydrogen-bond donors (Lipinski definition) is 1. The lowest BCUT2D eigenvalue weighted by molar-refractivity contribution is 0.593. The second-order valence-electron chi connectivity index (χ2n) is 3.81. The minimum atomic E-state index is 0.546. The Labute approximate surface area is 101 Å². The van der Waals surface area contributed by atoms with Crippen molar-refractivity contribution in [1.29, 1.82) is 0 Å². The topological polar surface area (TPSA) is 24.9 Å². The molecule has 86 valence electrons. The molecule has 15 heavy (non-hydrogen) atoms. The van der Waals surface area contributed by atoms with Crippen LogP contribution in [0.5, 0.6) is 0 Å². The smallest absolute Gasteiger partial charge is 0.103 e. The summed E-state index contributed by atoms with van der Waals surface area (Å²) in [4.78, 5) is 5.77. The molecule has 1 N–H and O–H groups in total. The van der Waals surface area contributed by atoms with Crippen LogP contribution in [0, 0.1) is 0 Å². The van der Waals surface area contributed by atoms with Gasteiger partial charge in [-0.2, -0.15) is 11.8 Å². The summed E-state index contributed by atoms with van der Waals surface area (Å²) in [5, 5.41) is 4.66. The number of hydrogen-bond acceptors (Lipinski definition) is 4. The molecule has 0 fully saturated rings. The number of rotatable bonds is 7. The Morgan fingerprint density at radius 1 is 1.53 bits per heavy atom. The molecule has 1 aromatic heterocycles. The molecule has 1 aromatic rings. The molecule has 0 aliphatic rings. The second-order valence-corrected chi connectivity index (χ2v) is 6.11. The van der Waals surface area contributed by atoms with Crippen LogP contribution in [0.2, 0.25) is 0 Å². The van der Waals surface area contributed by atoms with E-state index >= 15 is 0 Å². The highest BCUT2D eigenvalue weighted by Crippen LogP contribution is 2.19. The summed E-state index contributed by atoms with van der Waals surface area (Å²) >= 11 is 3.80. The van der Waals surface area contributed by atoms with Gasteiger partial charge in [-0.1, -0.05) is 20.8 Å². The van der Waals surface area contributed by atoms with E-state index in [4.69, 9.17) is 0 Å². The summed E-state index contributed by atoms with van der Waals surface area (Å²) in [5.74, 6) is 2.30. The molecular weight excluding hydrogens is 224 g/mol. The molecule has 0 saturated carbocycles. The highest BCUT2D eigenvalue weighted by atomic mass is 32.2. The molecule has 0 atom stereocenters. The maximum Gasteiger partial charge on any atom is 0.103 e. The van der Waals surface area contributed by atoms with Gasteiger partial charge in [0.2, 0.25) is 0 Å². The largest absolute Gasteiger partial charge is 0.310 e. The van der Waals surface area contributed by atoms with Crippen molar-refractivity contribution in [3.05, 3.63) is 16.1 Å². The van der Waals surface area contributed by atoms with Crippen molar-refractivity contribution in [2.24, 2.45) is 0 Å². The van der Waals surface area contributed by atoms with Crippen LogP contribution in [-0.4, -0.2) is 16.8 Å². The molecule has 0 aliphatic heterocycles. The van der Waals surface area contributed by atoms with Crippen molar-refractivity contribution < 1.29 is 0 Å². The van der Waals surface area contributed by atoms with E-state index in [1.807, 2.05) is 29.3 Å². The summed E-state index contributed by atoms with van der Waals surface area (Å²) in [5.41, 5.74) is 0. The predicted octanol–water partition coefficient (Wildman–Crippen LogP) is 3.28. The molecule has 0 aliphatic carbocycles. The maximum atomic E-state index is 4.42. The van der Waals surface area contributed by atoms with Gasteiger partial charge in [0.05, 0.1) is 0 Å². The van der Waals surface area contributed by atoms with E-state index in [0.717, 1.165) is 12.3 Å². The van der Waals surface area contributed by atoms with Gasteiger partial charge >= 0.3 is 0 Å². The Balaban J connectivity index is 2.29. The quantitative estimate of drug-likeness (QED) is 0.745. The first-order chi connectivity index (χ1) is 7.22. The molecule has 0 spiro atoms. The fourth-order valence-electron chi connectivity index (χ4n) is 1.11. The van der Waals surface area contributed by atoms with Crippen molar-refractivity contribution in [3.8, 4) is 0 Å². The molecule has 1 rings (SSSR count). The molecule has 2 nitrogen and oxygen atoms in total. The Kier molecular flexibility index (Phi) is 6.29. The van der Waals surface area contributed by atoms with Crippen LogP contribution in [0.15, 0.2) is 6.20 Å². The Morgan fingerprint density at radius 3 is 3.00 bits per heavy atom. The summed E-state index contributed by atoms with van der Waals surface area (Å²) in [6, 6.07) is 0.546. The van der Waals surface area contributed by atoms with Crippen LogP contribution in [0.4, 0.5) is 0 Å². The van der Waals surface area contributed by atoms with E-state index in [-0.39, 0.29) is 0 Å². The highest BCUT2D eigenvalue weighted by Gasteiger charge is 2.02. The average molecular weight is 244 g/mol. The van der Waals surface area contributed by atoms with E-state index in [9.17, 15) is 0 Å². The van der Waals surface area contributed by atoms with Gasteiger partial charge in [0.1, 0.15) is 5.01 Å². The second kappa shape index (κ2) is 7.25. The molecule has 0 radical (unpaired) electrons. The van der Waals surface area contributed by atoms with Gasteiger partial charge in [0.25, 0.3) is 0 Å². The van der Waals surface area contributed by atoms with Gasteiger partial charge in [-0.15, -0.1) is 11.3 Å². The van der Waals surface area contributed by atoms with Gasteiger partial charge in [-0.3, -0.25) is 0 Å². The lowest BCUT2D eigenvalue weighted by Crippen LogP contribution is -2.21. The van der Waals surface area contributed by atoms with Crippen molar-refractivity contribution in [2.75, 3.05) is 5.75 Å². The fourth-order valence-corrected chi connectivity index (χ4v) is 2.94. The highest BCUT2D eigenvalue weighted by molar-refractivity contribution is 7.98. The minimum Gasteiger partial charge on any atom is -0.310 e. The van der Waals surface area contributed by atoms with E-state index in [1.54, 1.807) is 0 Å². The normalized spacial score (nSPS) is 11.2. The van der Waals surface area contributed by atoms with Crippen LogP contribution in [0.3, 0.4) is 0 Å². The van der Waals surface area contributed by atoms with E-state index < -0.39 is 0 Å². The third-order valence-electron chi connectivity index (χ3n) is 1.86. The van der Waals surface area contributed by atoms with Crippen molar-refractivity contribution in [2.45, 2.75) is 45.5 Å². The monoisotopic (exact) mass is 244 g/mol. The van der Waals surface area contributed by atoms with Crippen molar-refractivity contribution >= 4 is 23.1 Å². The maximum absolute atomic E-state index is 4.42. The van der Waals surface area contributed by atoms with E-state index in [2.05, 4.69) is 31.1 Å². The van der Waals surface area contributed by atoms with E-state index in [0.29, 0.717) is 6.04 Å². The minimum absolute atomic E-state index is 0.546. The van der Waals surface area contributed by atoms with Crippen LogP contribution in [0.1, 0.15) is 37.1 Å². The standard InChI is InChI=1S/C11H20N2S2/c1-4-5-14-8-11-13-7-10(15-11)6-12-9(2)3/h7,9,12H,4-6,8H2,1-3H3. The SMILES string of the molecule is CCCSCc1ncc(CNC(C)C)s1. The number of thiazole rings is 1. The predicted molar refractivity (Wildman–Crippen MR) is 70.5 cm³/mol. The molecule has 4 heteroatoms. The Bertz CT molecular complexity index is 271. The molecule has 0 saturated heterocycles. The zero-order chi connectivity index (χ0) is 11.1. The third-order valence-corrected chi connectivity index (χ3v) is 4.21. The lowest BCUT2D eigenvalue weighted by Gasteiger charge is -2.04. The molecule has 0 unspecified atom stereocenters. The molecule has 0 amide bonds. The van der Waals surface area contributed by atoms with Crippen molar-refractivity contribution in [3.63, 3.8) is 0 Å². The summed E-state index contributed by atoms with van der Waals surface area (Å²) < 4.78 is 0. The van der Waals surface area contributed by atoms with Gasteiger partial charge in [-0.25, -0.2) is 4.98 Å². The van der Waals surface area contributed by atoms with E-state index in [1.165, 1.54) is 22.1 Å². The lowest BCUT2D eigenvalue weighted by atomic mass is 10.4. The van der Waals surface area contributed by atoms with Crippen LogP contribution >= 0.6 is 23.1 Å². The number of thioether (sulfide) groups is 1. The van der Waals surface area contributed by atoms with Crippen LogP contribution in [0.25, 0.3) is 0 Å². The third kappa shape index (κ3) is 5.54. The zero-order valence-corrected chi connectivity index (χ0v) is 11.4. The first kappa shape index (κ1) is 13.0. The first-order valence-corrected chi connectivity index (χ1v) is 7.44. The Hall–Kier alpha value is -0.0600. The van der Waals surface area contributed by atoms with Crippen molar-refractivity contribution in [1.82, 2.24) is 10.3 Å². The van der Waals surface area contributed by atoms with Gasteiger partial charge < -0.3 is 5.32 Å². The van der Waals surface area contributed by atoms with Gasteiger partial charge in [0.15, 0.2) is 0 Å².